The molecule has 2 rings (SSSR count). The van der Waals surface area contributed by atoms with Gasteiger partial charge in [-0.3, -0.25) is 0 Å². The molecule has 4 nitrogen and oxygen atoms in total. The summed E-state index contributed by atoms with van der Waals surface area (Å²) in [5.74, 6) is 0. The van der Waals surface area contributed by atoms with E-state index >= 15 is 0 Å². The van der Waals surface area contributed by atoms with Gasteiger partial charge in [0.2, 0.25) is 0 Å². The predicted molar refractivity (Wildman–Crippen MR) is 72.5 cm³/mol. The molecule has 0 aliphatic carbocycles. The summed E-state index contributed by atoms with van der Waals surface area (Å²) in [7, 11) is -2.68. The van der Waals surface area contributed by atoms with Gasteiger partial charge in [0.25, 0.3) is 0 Å². The second-order valence-electron chi connectivity index (χ2n) is 3.57. The normalized spacial score (nSPS) is 9.11. The highest BCUT2D eigenvalue weighted by atomic mass is 16.4. The average Bonchev–Trinajstić information content (AvgIpc) is 2.41. The summed E-state index contributed by atoms with van der Waals surface area (Å²) < 4.78 is 0. The Morgan fingerprint density at radius 3 is 0.944 bits per heavy atom. The van der Waals surface area contributed by atoms with Gasteiger partial charge in [0.1, 0.15) is 0 Å². The summed E-state index contributed by atoms with van der Waals surface area (Å²) in [5, 5.41) is 34.3. The van der Waals surface area contributed by atoms with E-state index in [2.05, 4.69) is 0 Å². The molecular weight excluding hydrogens is 230 g/mol. The predicted octanol–water partition coefficient (Wildman–Crippen LogP) is -1.27. The number of hydrogen-bond acceptors (Lipinski definition) is 4. The van der Waals surface area contributed by atoms with Crippen LogP contribution in [0.3, 0.4) is 0 Å². The Hall–Kier alpha value is -1.59. The van der Waals surface area contributed by atoms with Gasteiger partial charge in [-0.05, 0) is 10.9 Å². The average molecular weight is 244 g/mol. The van der Waals surface area contributed by atoms with Crippen molar-refractivity contribution in [2.75, 3.05) is 0 Å². The van der Waals surface area contributed by atoms with Crippen LogP contribution in [0.2, 0.25) is 0 Å². The minimum Gasteiger partial charge on any atom is -0.423 e. The fraction of sp³-hybridized carbons (Fsp3) is 0. The molecule has 0 unspecified atom stereocenters. The Kier molecular flexibility index (Phi) is 6.18. The highest BCUT2D eigenvalue weighted by molar-refractivity contribution is 6.58. The van der Waals surface area contributed by atoms with Gasteiger partial charge >= 0.3 is 14.2 Å². The molecule has 2 aromatic carbocycles. The van der Waals surface area contributed by atoms with Crippen molar-refractivity contribution in [1.82, 2.24) is 0 Å². The van der Waals surface area contributed by atoms with Crippen LogP contribution in [0.5, 0.6) is 0 Å². The van der Waals surface area contributed by atoms with E-state index in [1.54, 1.807) is 48.5 Å². The van der Waals surface area contributed by atoms with Crippen LogP contribution >= 0.6 is 0 Å². The third-order valence-corrected chi connectivity index (χ3v) is 2.20. The van der Waals surface area contributed by atoms with Crippen molar-refractivity contribution in [2.45, 2.75) is 0 Å². The summed E-state index contributed by atoms with van der Waals surface area (Å²) in [4.78, 5) is 0. The summed E-state index contributed by atoms with van der Waals surface area (Å²) in [6.45, 7) is 0. The first kappa shape index (κ1) is 14.5. The second-order valence-corrected chi connectivity index (χ2v) is 3.57. The van der Waals surface area contributed by atoms with E-state index in [9.17, 15) is 0 Å². The molecule has 0 amide bonds. The maximum atomic E-state index is 8.58. The van der Waals surface area contributed by atoms with Gasteiger partial charge in [0.05, 0.1) is 0 Å². The zero-order valence-electron chi connectivity index (χ0n) is 9.72. The highest BCUT2D eigenvalue weighted by Crippen LogP contribution is 1.82. The Morgan fingerprint density at radius 2 is 0.778 bits per heavy atom. The van der Waals surface area contributed by atoms with Crippen LogP contribution in [-0.4, -0.2) is 34.3 Å². The number of hydrogen-bond donors (Lipinski definition) is 4. The highest BCUT2D eigenvalue weighted by Gasteiger charge is 2.08. The van der Waals surface area contributed by atoms with Gasteiger partial charge in [-0.25, -0.2) is 0 Å². The summed E-state index contributed by atoms with van der Waals surface area (Å²) in [6, 6.07) is 17.3. The molecule has 0 aromatic heterocycles. The van der Waals surface area contributed by atoms with Gasteiger partial charge < -0.3 is 20.1 Å². The molecule has 0 aliphatic rings. The molecule has 2 aromatic rings. The van der Waals surface area contributed by atoms with Crippen LogP contribution < -0.4 is 10.9 Å². The minimum atomic E-state index is -1.34. The third-order valence-electron chi connectivity index (χ3n) is 2.20. The number of benzene rings is 2. The quantitative estimate of drug-likeness (QED) is 0.496. The van der Waals surface area contributed by atoms with Gasteiger partial charge in [-0.15, -0.1) is 0 Å². The molecule has 92 valence electrons. The molecule has 4 N–H and O–H groups in total. The molecule has 6 heteroatoms. The lowest BCUT2D eigenvalue weighted by molar-refractivity contribution is 0.424. The Bertz CT molecular complexity index is 391. The zero-order chi connectivity index (χ0) is 13.4. The Balaban J connectivity index is 0.000000180. The van der Waals surface area contributed by atoms with E-state index < -0.39 is 14.2 Å². The molecule has 0 fully saturated rings. The first-order valence-electron chi connectivity index (χ1n) is 5.43. The van der Waals surface area contributed by atoms with Gasteiger partial charge in [0, 0.05) is 0 Å². The fourth-order valence-electron chi connectivity index (χ4n) is 1.25. The maximum Gasteiger partial charge on any atom is 0.488 e. The lowest BCUT2D eigenvalue weighted by Crippen LogP contribution is -2.29. The van der Waals surface area contributed by atoms with Crippen molar-refractivity contribution in [2.24, 2.45) is 0 Å². The topological polar surface area (TPSA) is 80.9 Å². The van der Waals surface area contributed by atoms with Crippen LogP contribution in [0.25, 0.3) is 0 Å². The van der Waals surface area contributed by atoms with E-state index in [1.807, 2.05) is 12.1 Å². The van der Waals surface area contributed by atoms with E-state index in [1.165, 1.54) is 0 Å². The van der Waals surface area contributed by atoms with Crippen LogP contribution in [0.4, 0.5) is 0 Å². The van der Waals surface area contributed by atoms with E-state index in [0.29, 0.717) is 10.9 Å². The first-order chi connectivity index (χ1) is 8.61. The van der Waals surface area contributed by atoms with Gasteiger partial charge in [0.15, 0.2) is 0 Å². The Morgan fingerprint density at radius 1 is 0.500 bits per heavy atom. The molecule has 0 spiro atoms. The monoisotopic (exact) mass is 244 g/mol. The van der Waals surface area contributed by atoms with Crippen molar-refractivity contribution < 1.29 is 20.1 Å². The SMILES string of the molecule is OB(O)c1ccccc1.OB(O)c1ccccc1. The second kappa shape index (κ2) is 7.68. The molecule has 0 saturated heterocycles. The summed E-state index contributed by atoms with van der Waals surface area (Å²) in [5.41, 5.74) is 1.05. The molecule has 18 heavy (non-hydrogen) atoms. The largest absolute Gasteiger partial charge is 0.488 e. The standard InChI is InChI=1S/2C6H7BO2/c2*8-7(9)6-4-2-1-3-5-6/h2*1-5,8-9H. The van der Waals surface area contributed by atoms with Crippen LogP contribution in [-0.2, 0) is 0 Å². The zero-order valence-corrected chi connectivity index (χ0v) is 9.72. The molecule has 0 radical (unpaired) electrons. The molecule has 0 atom stereocenters. The fourth-order valence-corrected chi connectivity index (χ4v) is 1.25. The van der Waals surface area contributed by atoms with Crippen LogP contribution in [0.1, 0.15) is 0 Å². The summed E-state index contributed by atoms with van der Waals surface area (Å²) >= 11 is 0. The third kappa shape index (κ3) is 5.16. The van der Waals surface area contributed by atoms with Crippen molar-refractivity contribution in [3.63, 3.8) is 0 Å². The van der Waals surface area contributed by atoms with Crippen molar-refractivity contribution in [1.29, 1.82) is 0 Å². The van der Waals surface area contributed by atoms with Crippen molar-refractivity contribution in [3.05, 3.63) is 60.7 Å². The minimum absolute atomic E-state index is 0.525. The Labute approximate surface area is 106 Å². The molecule has 0 bridgehead atoms. The first-order valence-corrected chi connectivity index (χ1v) is 5.43. The lowest BCUT2D eigenvalue weighted by atomic mass is 9.81. The van der Waals surface area contributed by atoms with Crippen LogP contribution in [0.15, 0.2) is 60.7 Å². The molecule has 0 saturated carbocycles. The maximum absolute atomic E-state index is 8.58. The van der Waals surface area contributed by atoms with E-state index in [-0.39, 0.29) is 0 Å². The van der Waals surface area contributed by atoms with Crippen molar-refractivity contribution >= 4 is 25.2 Å². The molecule has 0 heterocycles. The number of rotatable bonds is 2. The van der Waals surface area contributed by atoms with Gasteiger partial charge in [-0.1, -0.05) is 60.7 Å². The van der Waals surface area contributed by atoms with E-state index in [4.69, 9.17) is 20.1 Å². The van der Waals surface area contributed by atoms with Crippen LogP contribution in [0, 0.1) is 0 Å². The lowest BCUT2D eigenvalue weighted by Gasteiger charge is -1.94. The van der Waals surface area contributed by atoms with Gasteiger partial charge in [-0.2, -0.15) is 0 Å². The smallest absolute Gasteiger partial charge is 0.423 e. The summed E-state index contributed by atoms with van der Waals surface area (Å²) in [6.07, 6.45) is 0. The molecule has 0 aliphatic heterocycles. The van der Waals surface area contributed by atoms with E-state index in [0.717, 1.165) is 0 Å². The molecular formula is C12H14B2O4. The van der Waals surface area contributed by atoms with Crippen molar-refractivity contribution in [3.8, 4) is 0 Å².